The van der Waals surface area contributed by atoms with Crippen molar-refractivity contribution in [1.82, 2.24) is 0 Å². The molecule has 2 atom stereocenters. The third-order valence-electron chi connectivity index (χ3n) is 6.00. The van der Waals surface area contributed by atoms with Crippen LogP contribution in [0.4, 0.5) is 11.4 Å². The summed E-state index contributed by atoms with van der Waals surface area (Å²) < 4.78 is 0. The maximum Gasteiger partial charge on any atom is 0.266 e. The second kappa shape index (κ2) is 6.12. The van der Waals surface area contributed by atoms with Crippen molar-refractivity contribution in [3.63, 3.8) is 0 Å². The van der Waals surface area contributed by atoms with E-state index in [2.05, 4.69) is 0 Å². The van der Waals surface area contributed by atoms with Gasteiger partial charge in [-0.1, -0.05) is 25.0 Å². The lowest BCUT2D eigenvalue weighted by Crippen LogP contribution is -2.31. The molecule has 6 heteroatoms. The number of anilines is 2. The van der Waals surface area contributed by atoms with Crippen LogP contribution >= 0.6 is 0 Å². The molecule has 0 radical (unpaired) electrons. The zero-order valence-electron chi connectivity index (χ0n) is 15.1. The molecule has 2 aromatic rings. The lowest BCUT2D eigenvalue weighted by Gasteiger charge is -2.19. The average Bonchev–Trinajstić information content (AvgIpc) is 3.14. The fraction of sp³-hybridized carbons (Fsp3) is 0.273. The van der Waals surface area contributed by atoms with Crippen molar-refractivity contribution in [2.45, 2.75) is 25.7 Å². The fourth-order valence-corrected chi connectivity index (χ4v) is 4.59. The average molecular weight is 374 g/mol. The third kappa shape index (κ3) is 2.27. The first-order valence-corrected chi connectivity index (χ1v) is 9.53. The van der Waals surface area contributed by atoms with Crippen molar-refractivity contribution in [3.05, 3.63) is 59.7 Å². The number of nitrogens with zero attached hydrogens (tertiary/aromatic N) is 2. The molecule has 2 fully saturated rings. The fourth-order valence-electron chi connectivity index (χ4n) is 4.59. The van der Waals surface area contributed by atoms with E-state index in [1.807, 2.05) is 0 Å². The van der Waals surface area contributed by atoms with Gasteiger partial charge in [0.25, 0.3) is 11.8 Å². The Labute approximate surface area is 161 Å². The van der Waals surface area contributed by atoms with E-state index in [0.29, 0.717) is 22.5 Å². The first kappa shape index (κ1) is 16.9. The van der Waals surface area contributed by atoms with Crippen LogP contribution in [0.25, 0.3) is 0 Å². The summed E-state index contributed by atoms with van der Waals surface area (Å²) in [4.78, 5) is 53.1. The Morgan fingerprint density at radius 2 is 1.04 bits per heavy atom. The van der Waals surface area contributed by atoms with Crippen molar-refractivity contribution in [3.8, 4) is 0 Å². The summed E-state index contributed by atoms with van der Waals surface area (Å²) in [7, 11) is 0. The lowest BCUT2D eigenvalue weighted by molar-refractivity contribution is -0.122. The van der Waals surface area contributed by atoms with Gasteiger partial charge in [-0.05, 0) is 49.2 Å². The molecule has 6 nitrogen and oxygen atoms in total. The topological polar surface area (TPSA) is 74.8 Å². The summed E-state index contributed by atoms with van der Waals surface area (Å²) in [5.41, 5.74) is 1.67. The molecule has 0 spiro atoms. The van der Waals surface area contributed by atoms with Crippen LogP contribution in [0.5, 0.6) is 0 Å². The Morgan fingerprint density at radius 3 is 1.50 bits per heavy atom. The molecule has 140 valence electrons. The van der Waals surface area contributed by atoms with Gasteiger partial charge in [-0.3, -0.25) is 24.1 Å². The molecule has 1 saturated carbocycles. The second-order valence-corrected chi connectivity index (χ2v) is 7.52. The maximum absolute atomic E-state index is 12.7. The number of hydrogen-bond donors (Lipinski definition) is 0. The molecule has 3 aliphatic rings. The highest BCUT2D eigenvalue weighted by Gasteiger charge is 2.48. The number of rotatable bonds is 2. The first-order chi connectivity index (χ1) is 13.6. The van der Waals surface area contributed by atoms with Crippen LogP contribution in [0.3, 0.4) is 0 Å². The SMILES string of the molecule is O=C1c2ccccc2C(=O)N1c1ccc(N2C(=O)C3CCCCC3C2=O)cc1. The minimum atomic E-state index is -0.368. The van der Waals surface area contributed by atoms with Gasteiger partial charge >= 0.3 is 0 Å². The highest BCUT2D eigenvalue weighted by molar-refractivity contribution is 6.34. The van der Waals surface area contributed by atoms with Gasteiger partial charge in [0, 0.05) is 0 Å². The number of carbonyl (C=O) groups excluding carboxylic acids is 4. The van der Waals surface area contributed by atoms with Gasteiger partial charge in [0.2, 0.25) is 11.8 Å². The van der Waals surface area contributed by atoms with Crippen molar-refractivity contribution in [2.24, 2.45) is 11.8 Å². The first-order valence-electron chi connectivity index (χ1n) is 9.53. The van der Waals surface area contributed by atoms with Gasteiger partial charge in [-0.15, -0.1) is 0 Å². The summed E-state index contributed by atoms with van der Waals surface area (Å²) in [6, 6.07) is 13.2. The number of benzene rings is 2. The van der Waals surface area contributed by atoms with Crippen LogP contribution in [0.2, 0.25) is 0 Å². The molecule has 1 aliphatic carbocycles. The predicted octanol–water partition coefficient (Wildman–Crippen LogP) is 3.17. The molecule has 4 amide bonds. The molecule has 0 aromatic heterocycles. The van der Waals surface area contributed by atoms with Crippen molar-refractivity contribution >= 4 is 35.0 Å². The van der Waals surface area contributed by atoms with Gasteiger partial charge in [0.05, 0.1) is 34.3 Å². The molecule has 0 bridgehead atoms. The highest BCUT2D eigenvalue weighted by atomic mass is 16.2. The van der Waals surface area contributed by atoms with Crippen molar-refractivity contribution in [1.29, 1.82) is 0 Å². The van der Waals surface area contributed by atoms with E-state index in [-0.39, 0.29) is 35.5 Å². The summed E-state index contributed by atoms with van der Waals surface area (Å²) >= 11 is 0. The van der Waals surface area contributed by atoms with Gasteiger partial charge in [-0.25, -0.2) is 4.90 Å². The molecule has 1 saturated heterocycles. The molecule has 2 aliphatic heterocycles. The van der Waals surface area contributed by atoms with Crippen LogP contribution in [0.15, 0.2) is 48.5 Å². The van der Waals surface area contributed by atoms with E-state index in [4.69, 9.17) is 0 Å². The molecule has 28 heavy (non-hydrogen) atoms. The molecule has 2 unspecified atom stereocenters. The Bertz CT molecular complexity index is 968. The van der Waals surface area contributed by atoms with Crippen LogP contribution in [0.1, 0.15) is 46.4 Å². The standard InChI is InChI=1S/C22H18N2O4/c25-19-15-5-1-2-6-16(15)20(26)23(19)13-9-11-14(12-10-13)24-21(27)17-7-3-4-8-18(17)22(24)28/h1-2,5-6,9-12,17-18H,3-4,7-8H2. The predicted molar refractivity (Wildman–Crippen MR) is 102 cm³/mol. The molecule has 2 aromatic carbocycles. The van der Waals surface area contributed by atoms with E-state index >= 15 is 0 Å². The minimum absolute atomic E-state index is 0.136. The summed E-state index contributed by atoms with van der Waals surface area (Å²) in [5, 5.41) is 0. The van der Waals surface area contributed by atoms with E-state index in [9.17, 15) is 19.2 Å². The zero-order valence-corrected chi connectivity index (χ0v) is 15.1. The largest absolute Gasteiger partial charge is 0.274 e. The number of hydrogen-bond acceptors (Lipinski definition) is 4. The number of fused-ring (bicyclic) bond motifs is 2. The zero-order chi connectivity index (χ0) is 19.4. The molecular formula is C22H18N2O4. The monoisotopic (exact) mass is 374 g/mol. The Balaban J connectivity index is 1.44. The van der Waals surface area contributed by atoms with Crippen LogP contribution in [-0.2, 0) is 9.59 Å². The highest BCUT2D eigenvalue weighted by Crippen LogP contribution is 2.40. The number of imide groups is 2. The van der Waals surface area contributed by atoms with E-state index < -0.39 is 0 Å². The smallest absolute Gasteiger partial charge is 0.266 e. The molecule has 0 N–H and O–H groups in total. The lowest BCUT2D eigenvalue weighted by atomic mass is 9.81. The quantitative estimate of drug-likeness (QED) is 0.757. The third-order valence-corrected chi connectivity index (χ3v) is 6.00. The minimum Gasteiger partial charge on any atom is -0.274 e. The Morgan fingerprint density at radius 1 is 0.607 bits per heavy atom. The molecule has 2 heterocycles. The van der Waals surface area contributed by atoms with Gasteiger partial charge in [-0.2, -0.15) is 0 Å². The summed E-state index contributed by atoms with van der Waals surface area (Å²) in [5.74, 6) is -1.43. The van der Waals surface area contributed by atoms with E-state index in [1.165, 1.54) is 4.90 Å². The van der Waals surface area contributed by atoms with Gasteiger partial charge in [0.1, 0.15) is 0 Å². The molecule has 5 rings (SSSR count). The van der Waals surface area contributed by atoms with Crippen LogP contribution in [0, 0.1) is 11.8 Å². The maximum atomic E-state index is 12.7. The molecular weight excluding hydrogens is 356 g/mol. The van der Waals surface area contributed by atoms with Crippen molar-refractivity contribution in [2.75, 3.05) is 9.80 Å². The van der Waals surface area contributed by atoms with E-state index in [1.54, 1.807) is 48.5 Å². The number of amides is 4. The van der Waals surface area contributed by atoms with Gasteiger partial charge in [0.15, 0.2) is 0 Å². The Hall–Kier alpha value is -3.28. The summed E-state index contributed by atoms with van der Waals surface area (Å²) in [6.45, 7) is 0. The number of carbonyl (C=O) groups is 4. The Kier molecular flexibility index (Phi) is 3.69. The van der Waals surface area contributed by atoms with Crippen LogP contribution in [-0.4, -0.2) is 23.6 Å². The van der Waals surface area contributed by atoms with Crippen molar-refractivity contribution < 1.29 is 19.2 Å². The normalized spacial score (nSPS) is 24.0. The second-order valence-electron chi connectivity index (χ2n) is 7.52. The van der Waals surface area contributed by atoms with Crippen LogP contribution < -0.4 is 9.80 Å². The van der Waals surface area contributed by atoms with Gasteiger partial charge < -0.3 is 0 Å². The van der Waals surface area contributed by atoms with E-state index in [0.717, 1.165) is 30.6 Å². The summed E-state index contributed by atoms with van der Waals surface area (Å²) in [6.07, 6.45) is 3.48.